The average molecular weight is 481 g/mol. The lowest BCUT2D eigenvalue weighted by molar-refractivity contribution is -0.114. The second kappa shape index (κ2) is 12.3. The van der Waals surface area contributed by atoms with Gasteiger partial charge in [0.05, 0.1) is 11.9 Å². The maximum atomic E-state index is 12.0. The van der Waals surface area contributed by atoms with Gasteiger partial charge in [0.2, 0.25) is 5.91 Å². The molecule has 2 aromatic rings. The monoisotopic (exact) mass is 481 g/mol. The van der Waals surface area contributed by atoms with Crippen LogP contribution >= 0.6 is 24.0 Å². The van der Waals surface area contributed by atoms with Crippen LogP contribution in [0.4, 0.5) is 5.69 Å². The van der Waals surface area contributed by atoms with Crippen LogP contribution in [-0.2, 0) is 4.79 Å². The molecule has 27 heavy (non-hydrogen) atoms. The molecule has 0 saturated heterocycles. The summed E-state index contributed by atoms with van der Waals surface area (Å²) in [4.78, 5) is 20.3. The molecule has 3 N–H and O–H groups in total. The SMILES string of the molecule is CCNC(=NCC(=O)Nc1cccnc1)NCC(C)c1ccc(C)cc1.I. The molecule has 1 amide bonds. The number of benzene rings is 1. The van der Waals surface area contributed by atoms with Gasteiger partial charge in [-0.15, -0.1) is 24.0 Å². The number of aliphatic imine (C=N–C) groups is 1. The Balaban J connectivity index is 0.00000364. The topological polar surface area (TPSA) is 78.4 Å². The number of guanidine groups is 1. The number of aryl methyl sites for hydroxylation is 1. The first-order valence-corrected chi connectivity index (χ1v) is 8.87. The van der Waals surface area contributed by atoms with Crippen LogP contribution in [0.15, 0.2) is 53.8 Å². The smallest absolute Gasteiger partial charge is 0.246 e. The summed E-state index contributed by atoms with van der Waals surface area (Å²) in [6, 6.07) is 12.1. The summed E-state index contributed by atoms with van der Waals surface area (Å²) in [7, 11) is 0. The lowest BCUT2D eigenvalue weighted by Crippen LogP contribution is -2.39. The maximum Gasteiger partial charge on any atom is 0.246 e. The predicted molar refractivity (Wildman–Crippen MR) is 122 cm³/mol. The number of amides is 1. The van der Waals surface area contributed by atoms with E-state index in [1.165, 1.54) is 11.1 Å². The Bertz CT molecular complexity index is 719. The van der Waals surface area contributed by atoms with Crippen molar-refractivity contribution >= 4 is 41.5 Å². The van der Waals surface area contributed by atoms with Crippen molar-refractivity contribution in [1.82, 2.24) is 15.6 Å². The zero-order valence-electron chi connectivity index (χ0n) is 16.0. The van der Waals surface area contributed by atoms with Crippen LogP contribution in [-0.4, -0.2) is 36.5 Å². The van der Waals surface area contributed by atoms with Crippen molar-refractivity contribution < 1.29 is 4.79 Å². The minimum atomic E-state index is -0.179. The molecule has 0 bridgehead atoms. The summed E-state index contributed by atoms with van der Waals surface area (Å²) in [5, 5.41) is 9.23. The van der Waals surface area contributed by atoms with Crippen molar-refractivity contribution in [2.24, 2.45) is 4.99 Å². The van der Waals surface area contributed by atoms with E-state index in [2.05, 4.69) is 64.0 Å². The van der Waals surface area contributed by atoms with Crippen molar-refractivity contribution in [3.8, 4) is 0 Å². The number of pyridine rings is 1. The highest BCUT2D eigenvalue weighted by Crippen LogP contribution is 2.14. The number of aromatic nitrogens is 1. The lowest BCUT2D eigenvalue weighted by Gasteiger charge is -2.16. The predicted octanol–water partition coefficient (Wildman–Crippen LogP) is 3.31. The third-order valence-corrected chi connectivity index (χ3v) is 3.89. The fourth-order valence-electron chi connectivity index (χ4n) is 2.39. The van der Waals surface area contributed by atoms with Gasteiger partial charge in [-0.25, -0.2) is 4.99 Å². The summed E-state index contributed by atoms with van der Waals surface area (Å²) in [5.74, 6) is 0.790. The Labute approximate surface area is 178 Å². The fourth-order valence-corrected chi connectivity index (χ4v) is 2.39. The van der Waals surface area contributed by atoms with Gasteiger partial charge < -0.3 is 16.0 Å². The highest BCUT2D eigenvalue weighted by Gasteiger charge is 2.07. The molecule has 7 heteroatoms. The second-order valence-corrected chi connectivity index (χ2v) is 6.18. The first kappa shape index (κ1) is 22.9. The van der Waals surface area contributed by atoms with Gasteiger partial charge in [-0.05, 0) is 37.5 Å². The van der Waals surface area contributed by atoms with Crippen molar-refractivity contribution in [3.63, 3.8) is 0 Å². The third-order valence-electron chi connectivity index (χ3n) is 3.89. The van der Waals surface area contributed by atoms with Gasteiger partial charge in [-0.2, -0.15) is 0 Å². The summed E-state index contributed by atoms with van der Waals surface area (Å²) in [5.41, 5.74) is 3.19. The van der Waals surface area contributed by atoms with E-state index in [0.29, 0.717) is 17.6 Å². The number of nitrogens with zero attached hydrogens (tertiary/aromatic N) is 2. The quantitative estimate of drug-likeness (QED) is 0.322. The number of carbonyl (C=O) groups excluding carboxylic acids is 1. The molecule has 146 valence electrons. The van der Waals surface area contributed by atoms with Crippen LogP contribution in [0.1, 0.15) is 30.9 Å². The average Bonchev–Trinajstić information content (AvgIpc) is 2.65. The maximum absolute atomic E-state index is 12.0. The minimum absolute atomic E-state index is 0. The zero-order chi connectivity index (χ0) is 18.8. The molecule has 6 nitrogen and oxygen atoms in total. The van der Waals surface area contributed by atoms with Crippen LogP contribution < -0.4 is 16.0 Å². The minimum Gasteiger partial charge on any atom is -0.357 e. The van der Waals surface area contributed by atoms with Crippen LogP contribution in [0.3, 0.4) is 0 Å². The van der Waals surface area contributed by atoms with Crippen LogP contribution in [0.25, 0.3) is 0 Å². The van der Waals surface area contributed by atoms with E-state index in [9.17, 15) is 4.79 Å². The Morgan fingerprint density at radius 1 is 1.19 bits per heavy atom. The first-order chi connectivity index (χ1) is 12.6. The third kappa shape index (κ3) is 8.38. The molecule has 0 spiro atoms. The number of hydrogen-bond donors (Lipinski definition) is 3. The van der Waals surface area contributed by atoms with E-state index >= 15 is 0 Å². The Morgan fingerprint density at radius 3 is 2.56 bits per heavy atom. The number of hydrogen-bond acceptors (Lipinski definition) is 3. The molecule has 2 rings (SSSR count). The van der Waals surface area contributed by atoms with E-state index in [1.807, 2.05) is 6.92 Å². The molecule has 1 aromatic carbocycles. The first-order valence-electron chi connectivity index (χ1n) is 8.87. The van der Waals surface area contributed by atoms with Gasteiger partial charge in [-0.1, -0.05) is 36.8 Å². The summed E-state index contributed by atoms with van der Waals surface area (Å²) in [6.45, 7) is 7.75. The van der Waals surface area contributed by atoms with Crippen molar-refractivity contribution in [2.45, 2.75) is 26.7 Å². The molecule has 0 fully saturated rings. The standard InChI is InChI=1S/C20H27N5O.HI/c1-4-22-20(23-12-16(3)17-9-7-15(2)8-10-17)24-14-19(26)25-18-6-5-11-21-13-18;/h5-11,13,16H,4,12,14H2,1-3H3,(H,25,26)(H2,22,23,24);1H. The van der Waals surface area contributed by atoms with Crippen molar-refractivity contribution in [2.75, 3.05) is 25.0 Å². The molecule has 0 aliphatic carbocycles. The summed E-state index contributed by atoms with van der Waals surface area (Å²) >= 11 is 0. The zero-order valence-corrected chi connectivity index (χ0v) is 18.4. The van der Waals surface area contributed by atoms with Crippen molar-refractivity contribution in [1.29, 1.82) is 0 Å². The van der Waals surface area contributed by atoms with Crippen molar-refractivity contribution in [3.05, 3.63) is 59.9 Å². The number of carbonyl (C=O) groups is 1. The Hall–Kier alpha value is -2.16. The van der Waals surface area contributed by atoms with Gasteiger partial charge in [-0.3, -0.25) is 9.78 Å². The molecule has 1 atom stereocenters. The molecule has 1 heterocycles. The summed E-state index contributed by atoms with van der Waals surface area (Å²) in [6.07, 6.45) is 3.27. The normalized spacial score (nSPS) is 11.9. The van der Waals surface area contributed by atoms with Gasteiger partial charge >= 0.3 is 0 Å². The van der Waals surface area contributed by atoms with Crippen LogP contribution in [0.2, 0.25) is 0 Å². The molecular formula is C20H28IN5O. The second-order valence-electron chi connectivity index (χ2n) is 6.18. The highest BCUT2D eigenvalue weighted by molar-refractivity contribution is 14.0. The van der Waals surface area contributed by atoms with Crippen LogP contribution in [0, 0.1) is 6.92 Å². The van der Waals surface area contributed by atoms with Gasteiger partial charge in [0.25, 0.3) is 0 Å². The van der Waals surface area contributed by atoms with E-state index in [-0.39, 0.29) is 36.4 Å². The van der Waals surface area contributed by atoms with Crippen LogP contribution in [0.5, 0.6) is 0 Å². The molecule has 1 unspecified atom stereocenters. The fraction of sp³-hybridized carbons (Fsp3) is 0.350. The molecule has 0 saturated carbocycles. The largest absolute Gasteiger partial charge is 0.357 e. The van der Waals surface area contributed by atoms with E-state index in [1.54, 1.807) is 24.5 Å². The highest BCUT2D eigenvalue weighted by atomic mass is 127. The molecule has 1 aromatic heterocycles. The van der Waals surface area contributed by atoms with E-state index < -0.39 is 0 Å². The Kier molecular flexibility index (Phi) is 10.4. The molecule has 0 aliphatic heterocycles. The Morgan fingerprint density at radius 2 is 1.93 bits per heavy atom. The number of halogens is 1. The lowest BCUT2D eigenvalue weighted by atomic mass is 10.0. The number of rotatable bonds is 7. The number of anilines is 1. The molecule has 0 radical (unpaired) electrons. The molecule has 0 aliphatic rings. The van der Waals surface area contributed by atoms with Gasteiger partial charge in [0.1, 0.15) is 6.54 Å². The number of nitrogens with one attached hydrogen (secondary N) is 3. The van der Waals surface area contributed by atoms with Gasteiger partial charge in [0, 0.05) is 19.3 Å². The van der Waals surface area contributed by atoms with E-state index in [4.69, 9.17) is 0 Å². The van der Waals surface area contributed by atoms with E-state index in [0.717, 1.165) is 13.1 Å². The summed E-state index contributed by atoms with van der Waals surface area (Å²) < 4.78 is 0. The molecular weight excluding hydrogens is 453 g/mol. The van der Waals surface area contributed by atoms with Gasteiger partial charge in [0.15, 0.2) is 5.96 Å².